The van der Waals surface area contributed by atoms with Gasteiger partial charge in [-0.25, -0.2) is 0 Å². The average Bonchev–Trinajstić information content (AvgIpc) is 2.45. The van der Waals surface area contributed by atoms with Crippen LogP contribution in [-0.2, 0) is 14.3 Å². The third-order valence-electron chi connectivity index (χ3n) is 2.96. The Morgan fingerprint density at radius 2 is 1.67 bits per heavy atom. The number of hydrogen-bond donors (Lipinski definition) is 2. The topological polar surface area (TPSA) is 76.7 Å². The van der Waals surface area contributed by atoms with E-state index in [2.05, 4.69) is 15.4 Å². The first-order valence-corrected chi connectivity index (χ1v) is 6.76. The van der Waals surface area contributed by atoms with Crippen molar-refractivity contribution in [3.8, 4) is 5.75 Å². The molecular weight excluding hydrogens is 272 g/mol. The summed E-state index contributed by atoms with van der Waals surface area (Å²) < 4.78 is 10.1. The molecule has 21 heavy (non-hydrogen) atoms. The van der Waals surface area contributed by atoms with E-state index < -0.39 is 0 Å². The van der Waals surface area contributed by atoms with Gasteiger partial charge in [0.1, 0.15) is 12.4 Å². The SMILES string of the molecule is COCC(=O)NCCNC(=O)COc1cccc(C)c1C. The Labute approximate surface area is 124 Å². The van der Waals surface area contributed by atoms with Gasteiger partial charge in [-0.05, 0) is 31.0 Å². The number of nitrogens with one attached hydrogen (secondary N) is 2. The van der Waals surface area contributed by atoms with Gasteiger partial charge in [0.15, 0.2) is 6.61 Å². The fourth-order valence-corrected chi connectivity index (χ4v) is 1.66. The summed E-state index contributed by atoms with van der Waals surface area (Å²) in [6, 6.07) is 5.71. The van der Waals surface area contributed by atoms with E-state index in [9.17, 15) is 9.59 Å². The first-order valence-electron chi connectivity index (χ1n) is 6.76. The number of benzene rings is 1. The van der Waals surface area contributed by atoms with Crippen LogP contribution in [0.25, 0.3) is 0 Å². The van der Waals surface area contributed by atoms with Gasteiger partial charge in [0.05, 0.1) is 0 Å². The molecule has 0 atom stereocenters. The smallest absolute Gasteiger partial charge is 0.258 e. The highest BCUT2D eigenvalue weighted by atomic mass is 16.5. The van der Waals surface area contributed by atoms with Gasteiger partial charge in [-0.3, -0.25) is 9.59 Å². The third-order valence-corrected chi connectivity index (χ3v) is 2.96. The molecule has 0 aliphatic heterocycles. The van der Waals surface area contributed by atoms with Crippen LogP contribution in [0.2, 0.25) is 0 Å². The minimum absolute atomic E-state index is 0.0176. The first kappa shape index (κ1) is 17.0. The van der Waals surface area contributed by atoms with E-state index in [0.717, 1.165) is 11.1 Å². The zero-order chi connectivity index (χ0) is 15.7. The van der Waals surface area contributed by atoms with Gasteiger partial charge >= 0.3 is 0 Å². The van der Waals surface area contributed by atoms with Crippen LogP contribution in [0.5, 0.6) is 5.75 Å². The Hall–Kier alpha value is -2.08. The predicted molar refractivity (Wildman–Crippen MR) is 79.3 cm³/mol. The Morgan fingerprint density at radius 3 is 2.29 bits per heavy atom. The number of amides is 2. The monoisotopic (exact) mass is 294 g/mol. The van der Waals surface area contributed by atoms with Crippen molar-refractivity contribution >= 4 is 11.8 Å². The van der Waals surface area contributed by atoms with Gasteiger partial charge in [-0.1, -0.05) is 12.1 Å². The molecule has 1 aromatic carbocycles. The van der Waals surface area contributed by atoms with Crippen LogP contribution >= 0.6 is 0 Å². The van der Waals surface area contributed by atoms with Crippen molar-refractivity contribution < 1.29 is 19.1 Å². The lowest BCUT2D eigenvalue weighted by Gasteiger charge is -2.11. The molecule has 2 N–H and O–H groups in total. The van der Waals surface area contributed by atoms with Crippen LogP contribution in [-0.4, -0.2) is 45.2 Å². The van der Waals surface area contributed by atoms with Crippen molar-refractivity contribution in [3.63, 3.8) is 0 Å². The highest BCUT2D eigenvalue weighted by Gasteiger charge is 2.06. The second kappa shape index (κ2) is 8.97. The number of methoxy groups -OCH3 is 1. The Balaban J connectivity index is 2.22. The maximum absolute atomic E-state index is 11.6. The molecule has 0 unspecified atom stereocenters. The Morgan fingerprint density at radius 1 is 1.05 bits per heavy atom. The Kier molecular flexibility index (Phi) is 7.25. The van der Waals surface area contributed by atoms with Crippen molar-refractivity contribution in [3.05, 3.63) is 29.3 Å². The number of hydrogen-bond acceptors (Lipinski definition) is 4. The third kappa shape index (κ3) is 6.27. The Bertz CT molecular complexity index is 489. The van der Waals surface area contributed by atoms with Crippen LogP contribution in [0, 0.1) is 13.8 Å². The molecule has 0 saturated carbocycles. The highest BCUT2D eigenvalue weighted by molar-refractivity contribution is 5.78. The van der Waals surface area contributed by atoms with Crippen molar-refractivity contribution in [2.45, 2.75) is 13.8 Å². The lowest BCUT2D eigenvalue weighted by molar-refractivity contribution is -0.125. The number of carbonyl (C=O) groups excluding carboxylic acids is 2. The molecule has 1 rings (SSSR count). The maximum Gasteiger partial charge on any atom is 0.258 e. The van der Waals surface area contributed by atoms with Crippen molar-refractivity contribution in [1.82, 2.24) is 10.6 Å². The molecule has 0 heterocycles. The number of rotatable bonds is 8. The summed E-state index contributed by atoms with van der Waals surface area (Å²) in [4.78, 5) is 22.7. The van der Waals surface area contributed by atoms with Crippen LogP contribution in [0.15, 0.2) is 18.2 Å². The summed E-state index contributed by atoms with van der Waals surface area (Å²) in [5.74, 6) is 0.272. The van der Waals surface area contributed by atoms with Crippen LogP contribution in [0.1, 0.15) is 11.1 Å². The fraction of sp³-hybridized carbons (Fsp3) is 0.467. The summed E-state index contributed by atoms with van der Waals surface area (Å²) in [5, 5.41) is 5.27. The van der Waals surface area contributed by atoms with E-state index in [1.165, 1.54) is 7.11 Å². The van der Waals surface area contributed by atoms with E-state index in [1.807, 2.05) is 32.0 Å². The minimum Gasteiger partial charge on any atom is -0.483 e. The van der Waals surface area contributed by atoms with Crippen molar-refractivity contribution in [2.75, 3.05) is 33.4 Å². The predicted octanol–water partition coefficient (Wildman–Crippen LogP) is 0.561. The van der Waals surface area contributed by atoms with E-state index in [0.29, 0.717) is 18.8 Å². The van der Waals surface area contributed by atoms with E-state index in [1.54, 1.807) is 0 Å². The molecular formula is C15H22N2O4. The van der Waals surface area contributed by atoms with Crippen LogP contribution in [0.4, 0.5) is 0 Å². The summed E-state index contributed by atoms with van der Waals surface area (Å²) in [6.07, 6.45) is 0. The molecule has 1 aromatic rings. The van der Waals surface area contributed by atoms with E-state index >= 15 is 0 Å². The minimum atomic E-state index is -0.225. The molecule has 2 amide bonds. The summed E-state index contributed by atoms with van der Waals surface area (Å²) in [7, 11) is 1.45. The standard InChI is InChI=1S/C15H22N2O4/c1-11-5-4-6-13(12(11)2)21-10-15(19)17-8-7-16-14(18)9-20-3/h4-6H,7-10H2,1-3H3,(H,16,18)(H,17,19). The van der Waals surface area contributed by atoms with Gasteiger partial charge in [0.25, 0.3) is 5.91 Å². The molecule has 0 bridgehead atoms. The van der Waals surface area contributed by atoms with Crippen LogP contribution in [0.3, 0.4) is 0 Å². The zero-order valence-corrected chi connectivity index (χ0v) is 12.7. The van der Waals surface area contributed by atoms with Gasteiger partial charge < -0.3 is 20.1 Å². The van der Waals surface area contributed by atoms with E-state index in [4.69, 9.17) is 4.74 Å². The average molecular weight is 294 g/mol. The molecule has 0 saturated heterocycles. The normalized spacial score (nSPS) is 10.0. The summed E-state index contributed by atoms with van der Waals surface area (Å²) in [5.41, 5.74) is 2.14. The molecule has 0 aliphatic carbocycles. The second-order valence-electron chi connectivity index (χ2n) is 4.62. The van der Waals surface area contributed by atoms with Gasteiger partial charge in [0.2, 0.25) is 5.91 Å². The molecule has 6 heteroatoms. The highest BCUT2D eigenvalue weighted by Crippen LogP contribution is 2.20. The summed E-state index contributed by atoms with van der Waals surface area (Å²) >= 11 is 0. The van der Waals surface area contributed by atoms with Gasteiger partial charge in [-0.15, -0.1) is 0 Å². The molecule has 0 aliphatic rings. The molecule has 0 spiro atoms. The second-order valence-corrected chi connectivity index (χ2v) is 4.62. The number of aryl methyl sites for hydroxylation is 1. The van der Waals surface area contributed by atoms with Crippen molar-refractivity contribution in [2.24, 2.45) is 0 Å². The summed E-state index contributed by atoms with van der Waals surface area (Å²) in [6.45, 7) is 4.63. The first-order chi connectivity index (χ1) is 10.0. The molecule has 116 valence electrons. The number of carbonyl (C=O) groups is 2. The van der Waals surface area contributed by atoms with Gasteiger partial charge in [0, 0.05) is 20.2 Å². The quantitative estimate of drug-likeness (QED) is 0.687. The van der Waals surface area contributed by atoms with E-state index in [-0.39, 0.29) is 25.0 Å². The van der Waals surface area contributed by atoms with Gasteiger partial charge in [-0.2, -0.15) is 0 Å². The number of ether oxygens (including phenoxy) is 2. The molecule has 0 fully saturated rings. The van der Waals surface area contributed by atoms with Crippen molar-refractivity contribution in [1.29, 1.82) is 0 Å². The zero-order valence-electron chi connectivity index (χ0n) is 12.7. The lowest BCUT2D eigenvalue weighted by atomic mass is 10.1. The lowest BCUT2D eigenvalue weighted by Crippen LogP contribution is -2.37. The molecule has 0 radical (unpaired) electrons. The fourth-order valence-electron chi connectivity index (χ4n) is 1.66. The maximum atomic E-state index is 11.6. The molecule has 0 aromatic heterocycles. The largest absolute Gasteiger partial charge is 0.483 e. The van der Waals surface area contributed by atoms with Crippen LogP contribution < -0.4 is 15.4 Å². The molecule has 6 nitrogen and oxygen atoms in total.